The highest BCUT2D eigenvalue weighted by Crippen LogP contribution is 2.25. The molecule has 19 heavy (non-hydrogen) atoms. The number of aliphatic imine (C=N–C) groups is 1. The summed E-state index contributed by atoms with van der Waals surface area (Å²) < 4.78 is 0. The Morgan fingerprint density at radius 3 is 3.05 bits per heavy atom. The van der Waals surface area contributed by atoms with Gasteiger partial charge in [0.05, 0.1) is 0 Å². The van der Waals surface area contributed by atoms with Crippen LogP contribution in [0, 0.1) is 0 Å². The SMILES string of the molecule is CN=C(NCc1cccc(Cl)c1)NCC1CCCS1. The Morgan fingerprint density at radius 1 is 1.47 bits per heavy atom. The Labute approximate surface area is 124 Å². The van der Waals surface area contributed by atoms with E-state index in [4.69, 9.17) is 11.6 Å². The van der Waals surface area contributed by atoms with E-state index in [1.54, 1.807) is 7.05 Å². The number of guanidine groups is 1. The summed E-state index contributed by atoms with van der Waals surface area (Å²) in [4.78, 5) is 4.24. The molecule has 1 aliphatic rings. The first kappa shape index (κ1) is 14.5. The summed E-state index contributed by atoms with van der Waals surface area (Å²) in [5, 5.41) is 8.18. The maximum Gasteiger partial charge on any atom is 0.191 e. The number of rotatable bonds is 4. The molecule has 0 aliphatic carbocycles. The number of benzene rings is 1. The lowest BCUT2D eigenvalue weighted by molar-refractivity contribution is 0.726. The molecule has 5 heteroatoms. The van der Waals surface area contributed by atoms with Crippen molar-refractivity contribution in [1.29, 1.82) is 0 Å². The van der Waals surface area contributed by atoms with Crippen molar-refractivity contribution in [2.75, 3.05) is 19.3 Å². The molecule has 2 rings (SSSR count). The topological polar surface area (TPSA) is 36.4 Å². The fraction of sp³-hybridized carbons (Fsp3) is 0.500. The molecule has 1 saturated heterocycles. The van der Waals surface area contributed by atoms with Crippen molar-refractivity contribution in [3.8, 4) is 0 Å². The lowest BCUT2D eigenvalue weighted by Gasteiger charge is -2.14. The second kappa shape index (κ2) is 7.65. The zero-order chi connectivity index (χ0) is 13.5. The van der Waals surface area contributed by atoms with E-state index in [1.165, 1.54) is 18.6 Å². The summed E-state index contributed by atoms with van der Waals surface area (Å²) in [6.07, 6.45) is 2.65. The van der Waals surface area contributed by atoms with E-state index in [9.17, 15) is 0 Å². The Morgan fingerprint density at radius 2 is 2.37 bits per heavy atom. The third-order valence-corrected chi connectivity index (χ3v) is 4.73. The Hall–Kier alpha value is -0.870. The monoisotopic (exact) mass is 297 g/mol. The van der Waals surface area contributed by atoms with Gasteiger partial charge in [-0.1, -0.05) is 23.7 Å². The molecule has 1 heterocycles. The van der Waals surface area contributed by atoms with Crippen molar-refractivity contribution in [2.24, 2.45) is 4.99 Å². The van der Waals surface area contributed by atoms with E-state index in [1.807, 2.05) is 30.0 Å². The van der Waals surface area contributed by atoms with Crippen molar-refractivity contribution in [3.05, 3.63) is 34.9 Å². The van der Waals surface area contributed by atoms with Gasteiger partial charge in [0.25, 0.3) is 0 Å². The smallest absolute Gasteiger partial charge is 0.191 e. The normalized spacial score (nSPS) is 19.5. The van der Waals surface area contributed by atoms with Crippen LogP contribution >= 0.6 is 23.4 Å². The molecule has 0 saturated carbocycles. The summed E-state index contributed by atoms with van der Waals surface area (Å²) in [7, 11) is 1.80. The number of nitrogens with zero attached hydrogens (tertiary/aromatic N) is 1. The summed E-state index contributed by atoms with van der Waals surface area (Å²) in [6.45, 7) is 1.72. The van der Waals surface area contributed by atoms with Gasteiger partial charge in [-0.3, -0.25) is 4.99 Å². The number of hydrogen-bond acceptors (Lipinski definition) is 2. The van der Waals surface area contributed by atoms with Crippen molar-refractivity contribution < 1.29 is 0 Å². The van der Waals surface area contributed by atoms with Gasteiger partial charge in [-0.25, -0.2) is 0 Å². The molecule has 3 nitrogen and oxygen atoms in total. The fourth-order valence-corrected chi connectivity index (χ4v) is 3.48. The Bertz CT molecular complexity index is 430. The van der Waals surface area contributed by atoms with Gasteiger partial charge in [-0.15, -0.1) is 0 Å². The molecule has 1 unspecified atom stereocenters. The van der Waals surface area contributed by atoms with Crippen LogP contribution in [0.1, 0.15) is 18.4 Å². The fourth-order valence-electron chi connectivity index (χ4n) is 2.07. The average Bonchev–Trinajstić information content (AvgIpc) is 2.92. The van der Waals surface area contributed by atoms with E-state index in [2.05, 4.69) is 21.7 Å². The maximum atomic E-state index is 5.96. The quantitative estimate of drug-likeness (QED) is 0.663. The largest absolute Gasteiger partial charge is 0.355 e. The van der Waals surface area contributed by atoms with Gasteiger partial charge in [-0.2, -0.15) is 11.8 Å². The molecule has 1 atom stereocenters. The molecule has 0 amide bonds. The molecule has 0 spiro atoms. The van der Waals surface area contributed by atoms with Crippen molar-refractivity contribution in [3.63, 3.8) is 0 Å². The first-order valence-electron chi connectivity index (χ1n) is 6.58. The molecule has 1 fully saturated rings. The molecule has 1 aliphatic heterocycles. The molecule has 2 N–H and O–H groups in total. The molecular formula is C14H20ClN3S. The van der Waals surface area contributed by atoms with Crippen LogP contribution in [0.15, 0.2) is 29.3 Å². The summed E-state index contributed by atoms with van der Waals surface area (Å²) >= 11 is 8.01. The highest BCUT2D eigenvalue weighted by atomic mass is 35.5. The van der Waals surface area contributed by atoms with E-state index < -0.39 is 0 Å². The van der Waals surface area contributed by atoms with Crippen LogP contribution in [0.3, 0.4) is 0 Å². The van der Waals surface area contributed by atoms with Crippen molar-refractivity contribution >= 4 is 29.3 Å². The second-order valence-corrected chi connectivity index (χ2v) is 6.42. The first-order valence-corrected chi connectivity index (χ1v) is 8.01. The van der Waals surface area contributed by atoms with Gasteiger partial charge >= 0.3 is 0 Å². The lowest BCUT2D eigenvalue weighted by Crippen LogP contribution is -2.39. The zero-order valence-electron chi connectivity index (χ0n) is 11.2. The Balaban J connectivity index is 1.76. The molecule has 0 aromatic heterocycles. The van der Waals surface area contributed by atoms with Crippen LogP contribution in [0.4, 0.5) is 0 Å². The molecule has 1 aromatic carbocycles. The van der Waals surface area contributed by atoms with Gasteiger partial charge in [0.2, 0.25) is 0 Å². The van der Waals surface area contributed by atoms with Gasteiger partial charge in [0.1, 0.15) is 0 Å². The molecule has 104 valence electrons. The van der Waals surface area contributed by atoms with Crippen LogP contribution in [0.25, 0.3) is 0 Å². The highest BCUT2D eigenvalue weighted by Gasteiger charge is 2.15. The third-order valence-electron chi connectivity index (χ3n) is 3.09. The number of nitrogens with one attached hydrogen (secondary N) is 2. The standard InChI is InChI=1S/C14H20ClN3S/c1-16-14(18-10-13-6-3-7-19-13)17-9-11-4-2-5-12(15)8-11/h2,4-5,8,13H,3,6-7,9-10H2,1H3,(H2,16,17,18). The maximum absolute atomic E-state index is 5.96. The van der Waals surface area contributed by atoms with Crippen molar-refractivity contribution in [2.45, 2.75) is 24.6 Å². The van der Waals surface area contributed by atoms with Crippen LogP contribution in [-0.2, 0) is 6.54 Å². The molecule has 1 aromatic rings. The van der Waals surface area contributed by atoms with Gasteiger partial charge in [-0.05, 0) is 36.3 Å². The Kier molecular flexibility index (Phi) is 5.86. The van der Waals surface area contributed by atoms with Gasteiger partial charge in [0.15, 0.2) is 5.96 Å². The average molecular weight is 298 g/mol. The third kappa shape index (κ3) is 4.96. The minimum absolute atomic E-state index is 0.727. The minimum atomic E-state index is 0.727. The number of hydrogen-bond donors (Lipinski definition) is 2. The predicted molar refractivity (Wildman–Crippen MR) is 85.1 cm³/mol. The second-order valence-electron chi connectivity index (χ2n) is 4.57. The first-order chi connectivity index (χ1) is 9.28. The van der Waals surface area contributed by atoms with Crippen LogP contribution in [-0.4, -0.2) is 30.6 Å². The van der Waals surface area contributed by atoms with E-state index in [0.717, 1.165) is 34.9 Å². The van der Waals surface area contributed by atoms with Crippen LogP contribution in [0.5, 0.6) is 0 Å². The van der Waals surface area contributed by atoms with E-state index in [0.29, 0.717) is 0 Å². The summed E-state index contributed by atoms with van der Waals surface area (Å²) in [5.41, 5.74) is 1.16. The molecule has 0 radical (unpaired) electrons. The van der Waals surface area contributed by atoms with Crippen LogP contribution in [0.2, 0.25) is 5.02 Å². The molecule has 0 bridgehead atoms. The van der Waals surface area contributed by atoms with Gasteiger partial charge in [0, 0.05) is 30.4 Å². The predicted octanol–water partition coefficient (Wildman–Crippen LogP) is 2.90. The number of thioether (sulfide) groups is 1. The number of halogens is 1. The minimum Gasteiger partial charge on any atom is -0.355 e. The van der Waals surface area contributed by atoms with Gasteiger partial charge < -0.3 is 10.6 Å². The summed E-state index contributed by atoms with van der Waals surface area (Å²) in [5.74, 6) is 2.15. The van der Waals surface area contributed by atoms with Crippen molar-refractivity contribution in [1.82, 2.24) is 10.6 Å². The van der Waals surface area contributed by atoms with Crippen LogP contribution < -0.4 is 10.6 Å². The van der Waals surface area contributed by atoms with E-state index >= 15 is 0 Å². The lowest BCUT2D eigenvalue weighted by atomic mass is 10.2. The summed E-state index contributed by atoms with van der Waals surface area (Å²) in [6, 6.07) is 7.87. The zero-order valence-corrected chi connectivity index (χ0v) is 12.7. The molecular weight excluding hydrogens is 278 g/mol. The highest BCUT2D eigenvalue weighted by molar-refractivity contribution is 8.00. The van der Waals surface area contributed by atoms with E-state index in [-0.39, 0.29) is 0 Å².